The molecule has 5 aliphatic rings. The summed E-state index contributed by atoms with van der Waals surface area (Å²) < 4.78 is 0. The Morgan fingerprint density at radius 3 is 2.25 bits per heavy atom. The van der Waals surface area contributed by atoms with Gasteiger partial charge in [-0.3, -0.25) is 4.79 Å². The number of hydrogen-bond donors (Lipinski definition) is 1. The highest BCUT2D eigenvalue weighted by atomic mass is 16.3. The summed E-state index contributed by atoms with van der Waals surface area (Å²) in [6, 6.07) is 0. The van der Waals surface area contributed by atoms with Gasteiger partial charge >= 0.3 is 0 Å². The van der Waals surface area contributed by atoms with Gasteiger partial charge in [-0.1, -0.05) is 61.0 Å². The molecule has 2 heteroatoms. The Kier molecular flexibility index (Phi) is 4.87. The van der Waals surface area contributed by atoms with Gasteiger partial charge in [0.05, 0.1) is 6.10 Å². The summed E-state index contributed by atoms with van der Waals surface area (Å²) in [6.07, 6.45) is 11.3. The summed E-state index contributed by atoms with van der Waals surface area (Å²) in [6.45, 7) is 19.4. The Bertz CT molecular complexity index is 855. The van der Waals surface area contributed by atoms with Crippen LogP contribution in [0.25, 0.3) is 0 Å². The maximum atomic E-state index is 14.2. The van der Waals surface area contributed by atoms with Crippen LogP contribution >= 0.6 is 0 Å². The van der Waals surface area contributed by atoms with E-state index < -0.39 is 0 Å². The molecule has 4 saturated carbocycles. The highest BCUT2D eigenvalue weighted by Crippen LogP contribution is 2.75. The van der Waals surface area contributed by atoms with Gasteiger partial charge in [-0.25, -0.2) is 0 Å². The van der Waals surface area contributed by atoms with Gasteiger partial charge in [0.1, 0.15) is 0 Å². The molecule has 3 unspecified atom stereocenters. The maximum absolute atomic E-state index is 14.2. The molecule has 0 aromatic heterocycles. The largest absolute Gasteiger partial charge is 0.393 e. The summed E-state index contributed by atoms with van der Waals surface area (Å²) in [7, 11) is 0. The Hall–Kier alpha value is -0.630. The molecule has 0 bridgehead atoms. The predicted octanol–water partition coefficient (Wildman–Crippen LogP) is 7.20. The molecule has 2 nitrogen and oxygen atoms in total. The van der Waals surface area contributed by atoms with Crippen LogP contribution in [0.3, 0.4) is 0 Å². The van der Waals surface area contributed by atoms with E-state index in [1.54, 1.807) is 0 Å². The lowest BCUT2D eigenvalue weighted by atomic mass is 9.33. The van der Waals surface area contributed by atoms with Crippen LogP contribution in [0.5, 0.6) is 0 Å². The van der Waals surface area contributed by atoms with Crippen molar-refractivity contribution < 1.29 is 9.90 Å². The molecule has 1 N–H and O–H groups in total. The van der Waals surface area contributed by atoms with Crippen LogP contribution in [0, 0.1) is 56.7 Å². The Labute approximate surface area is 197 Å². The van der Waals surface area contributed by atoms with Crippen LogP contribution in [-0.2, 0) is 4.79 Å². The van der Waals surface area contributed by atoms with E-state index >= 15 is 0 Å². The van der Waals surface area contributed by atoms with E-state index in [0.29, 0.717) is 29.0 Å². The Morgan fingerprint density at radius 1 is 0.875 bits per heavy atom. The molecule has 5 aliphatic carbocycles. The summed E-state index contributed by atoms with van der Waals surface area (Å²) in [4.78, 5) is 14.2. The first-order valence-electron chi connectivity index (χ1n) is 13.7. The van der Waals surface area contributed by atoms with E-state index in [2.05, 4.69) is 61.5 Å². The molecule has 0 aromatic rings. The number of aliphatic hydroxyl groups is 1. The zero-order chi connectivity index (χ0) is 23.5. The van der Waals surface area contributed by atoms with Crippen molar-refractivity contribution in [3.8, 4) is 0 Å². The van der Waals surface area contributed by atoms with Gasteiger partial charge in [0.15, 0.2) is 5.78 Å². The molecular weight excluding hydrogens is 392 g/mol. The van der Waals surface area contributed by atoms with Gasteiger partial charge < -0.3 is 5.11 Å². The van der Waals surface area contributed by atoms with Crippen molar-refractivity contribution in [1.82, 2.24) is 0 Å². The average Bonchev–Trinajstić information content (AvgIpc) is 2.70. The molecule has 5 rings (SSSR count). The van der Waals surface area contributed by atoms with Crippen LogP contribution in [0.2, 0.25) is 0 Å². The molecule has 180 valence electrons. The molecule has 0 aromatic carbocycles. The SMILES string of the molecule is C[C@@H]1CC[C@]2(C)CC[C@]3(C)C(=CC(=O)C4[C@@]5(C)CC[C@@H](O)C(C)(C)C5CC[C@]43C)C2[C@H]1C. The van der Waals surface area contributed by atoms with Gasteiger partial charge in [-0.15, -0.1) is 0 Å². The lowest BCUT2D eigenvalue weighted by Crippen LogP contribution is -2.66. The molecule has 0 amide bonds. The quantitative estimate of drug-likeness (QED) is 0.432. The molecule has 0 heterocycles. The Balaban J connectivity index is 1.64. The number of ketones is 1. The third-order valence-corrected chi connectivity index (χ3v) is 13.1. The van der Waals surface area contributed by atoms with Crippen LogP contribution in [0.1, 0.15) is 107 Å². The fourth-order valence-electron chi connectivity index (χ4n) is 10.7. The summed E-state index contributed by atoms with van der Waals surface area (Å²) in [5.41, 5.74) is 1.92. The van der Waals surface area contributed by atoms with Crippen molar-refractivity contribution in [3.05, 3.63) is 11.6 Å². The molecule has 0 radical (unpaired) electrons. The lowest BCUT2D eigenvalue weighted by Gasteiger charge is -2.70. The zero-order valence-corrected chi connectivity index (χ0v) is 22.1. The van der Waals surface area contributed by atoms with Gasteiger partial charge in [-0.2, -0.15) is 0 Å². The number of aliphatic hydroxyl groups excluding tert-OH is 1. The van der Waals surface area contributed by atoms with Gasteiger partial charge in [0.2, 0.25) is 0 Å². The molecule has 0 aliphatic heterocycles. The third kappa shape index (κ3) is 2.60. The van der Waals surface area contributed by atoms with Crippen molar-refractivity contribution in [3.63, 3.8) is 0 Å². The number of carbonyl (C=O) groups is 1. The smallest absolute Gasteiger partial charge is 0.159 e. The van der Waals surface area contributed by atoms with Crippen molar-refractivity contribution in [2.75, 3.05) is 0 Å². The number of allylic oxidation sites excluding steroid dienone is 2. The Morgan fingerprint density at radius 2 is 1.56 bits per heavy atom. The topological polar surface area (TPSA) is 37.3 Å². The molecule has 4 fully saturated rings. The third-order valence-electron chi connectivity index (χ3n) is 13.1. The van der Waals surface area contributed by atoms with Crippen LogP contribution in [0.4, 0.5) is 0 Å². The first-order valence-corrected chi connectivity index (χ1v) is 13.7. The van der Waals surface area contributed by atoms with E-state index in [1.165, 1.54) is 31.3 Å². The van der Waals surface area contributed by atoms with Gasteiger partial charge in [-0.05, 0) is 108 Å². The number of carbonyl (C=O) groups excluding carboxylic acids is 1. The highest BCUT2D eigenvalue weighted by molar-refractivity contribution is 5.95. The highest BCUT2D eigenvalue weighted by Gasteiger charge is 2.70. The zero-order valence-electron chi connectivity index (χ0n) is 22.1. The number of rotatable bonds is 0. The second-order valence-corrected chi connectivity index (χ2v) is 14.7. The van der Waals surface area contributed by atoms with Crippen LogP contribution < -0.4 is 0 Å². The second kappa shape index (κ2) is 6.73. The van der Waals surface area contributed by atoms with E-state index in [4.69, 9.17) is 0 Å². The standard InChI is InChI=1S/C30H48O2/c1-18-9-12-27(5)15-16-29(7)20(24(27)19(18)2)17-21(31)25-28(6)13-11-23(32)26(3,4)22(28)10-14-30(25,29)8/h17-19,22-25,32H,9-16H2,1-8H3/t18-,19+,22?,23-,24?,25?,27-,28+,29-,30-/m1/s1. The average molecular weight is 441 g/mol. The van der Waals surface area contributed by atoms with Crippen molar-refractivity contribution in [1.29, 1.82) is 0 Å². The molecule has 0 spiro atoms. The van der Waals surface area contributed by atoms with Crippen LogP contribution in [0.15, 0.2) is 11.6 Å². The normalized spacial score (nSPS) is 56.9. The van der Waals surface area contributed by atoms with E-state index in [1.807, 2.05) is 0 Å². The van der Waals surface area contributed by atoms with Crippen molar-refractivity contribution in [2.24, 2.45) is 56.7 Å². The summed E-state index contributed by atoms with van der Waals surface area (Å²) in [5, 5.41) is 10.9. The molecule has 0 saturated heterocycles. The summed E-state index contributed by atoms with van der Waals surface area (Å²) >= 11 is 0. The molecular formula is C30H48O2. The molecule has 32 heavy (non-hydrogen) atoms. The van der Waals surface area contributed by atoms with E-state index in [-0.39, 0.29) is 33.7 Å². The fourth-order valence-corrected chi connectivity index (χ4v) is 10.7. The van der Waals surface area contributed by atoms with E-state index in [0.717, 1.165) is 31.6 Å². The van der Waals surface area contributed by atoms with Crippen molar-refractivity contribution in [2.45, 2.75) is 113 Å². The van der Waals surface area contributed by atoms with Gasteiger partial charge in [0, 0.05) is 5.92 Å². The minimum atomic E-state index is -0.245. The van der Waals surface area contributed by atoms with Gasteiger partial charge in [0.25, 0.3) is 0 Å². The monoisotopic (exact) mass is 440 g/mol. The number of fused-ring (bicyclic) bond motifs is 7. The molecule has 10 atom stereocenters. The maximum Gasteiger partial charge on any atom is 0.159 e. The lowest BCUT2D eigenvalue weighted by molar-refractivity contribution is -0.202. The first-order chi connectivity index (χ1) is 14.7. The predicted molar refractivity (Wildman–Crippen MR) is 131 cm³/mol. The first kappa shape index (κ1) is 23.1. The number of hydrogen-bond acceptors (Lipinski definition) is 2. The van der Waals surface area contributed by atoms with Crippen LogP contribution in [-0.4, -0.2) is 17.0 Å². The minimum absolute atomic E-state index is 0.00984. The minimum Gasteiger partial charge on any atom is -0.393 e. The second-order valence-electron chi connectivity index (χ2n) is 14.7. The fraction of sp³-hybridized carbons (Fsp3) is 0.900. The summed E-state index contributed by atoms with van der Waals surface area (Å²) in [5.74, 6) is 2.89. The van der Waals surface area contributed by atoms with Crippen molar-refractivity contribution >= 4 is 5.78 Å². The van der Waals surface area contributed by atoms with E-state index in [9.17, 15) is 9.90 Å².